The fraction of sp³-hybridized carbons (Fsp3) is 0.371. The van der Waals surface area contributed by atoms with Crippen molar-refractivity contribution in [1.29, 1.82) is 0 Å². The Labute approximate surface area is 784 Å². The molecule has 3 atom stereocenters. The van der Waals surface area contributed by atoms with Gasteiger partial charge in [0.2, 0.25) is 35.4 Å². The normalized spacial score (nSPS) is 21.2. The highest BCUT2D eigenvalue weighted by Crippen LogP contribution is 2.42. The number of piperazine rings is 2. The maximum Gasteiger partial charge on any atom is 0.257 e. The molecule has 0 radical (unpaired) electrons. The summed E-state index contributed by atoms with van der Waals surface area (Å²) in [5, 5.41) is 6.93. The first-order chi connectivity index (χ1) is 65.9. The number of nitrogens with zero attached hydrogens (tertiary/aromatic N) is 11. The highest BCUT2D eigenvalue weighted by atomic mass is 19.1. The van der Waals surface area contributed by atoms with Crippen LogP contribution >= 0.6 is 0 Å². The smallest absolute Gasteiger partial charge is 0.257 e. The number of methoxy groups -OCH3 is 3. The van der Waals surface area contributed by atoms with E-state index in [9.17, 15) is 56.3 Å². The van der Waals surface area contributed by atoms with E-state index in [1.807, 2.05) is 91.0 Å². The molecule has 698 valence electrons. The third-order valence-corrected chi connectivity index (χ3v) is 27.6. The Kier molecular flexibility index (Phi) is 26.9. The second kappa shape index (κ2) is 39.7. The number of anilines is 3. The van der Waals surface area contributed by atoms with Crippen LogP contribution in [-0.4, -0.2) is 224 Å². The molecule has 2 saturated carbocycles. The largest absolute Gasteiger partial charge is 0.494 e. The zero-order valence-corrected chi connectivity index (χ0v) is 75.8. The van der Waals surface area contributed by atoms with E-state index >= 15 is 4.39 Å². The fourth-order valence-electron chi connectivity index (χ4n) is 20.2. The Hall–Kier alpha value is -14.3. The molecule has 9 aromatic rings. The van der Waals surface area contributed by atoms with Gasteiger partial charge in [-0.05, 0) is 139 Å². The zero-order chi connectivity index (χ0) is 94.5. The number of benzene rings is 6. The van der Waals surface area contributed by atoms with Crippen LogP contribution in [0.1, 0.15) is 148 Å². The van der Waals surface area contributed by atoms with Crippen LogP contribution in [0.4, 0.5) is 35.0 Å². The lowest BCUT2D eigenvalue weighted by molar-refractivity contribution is -0.128. The molecule has 12 heterocycles. The minimum Gasteiger partial charge on any atom is -0.494 e. The first kappa shape index (κ1) is 92.1. The van der Waals surface area contributed by atoms with Crippen LogP contribution in [0, 0.1) is 75.0 Å². The van der Waals surface area contributed by atoms with Gasteiger partial charge in [-0.15, -0.1) is 0 Å². The number of aromatic nitrogens is 3. The number of hydrogen-bond acceptors (Lipinski definition) is 21. The van der Waals surface area contributed by atoms with Crippen molar-refractivity contribution >= 4 is 70.6 Å². The van der Waals surface area contributed by atoms with Crippen LogP contribution < -0.4 is 44.9 Å². The highest BCUT2D eigenvalue weighted by Gasteiger charge is 2.53. The van der Waals surface area contributed by atoms with Gasteiger partial charge in [-0.25, -0.2) is 32.5 Å². The summed E-state index contributed by atoms with van der Waals surface area (Å²) in [5.74, 6) is 12.6. The Bertz CT molecular complexity index is 6430. The monoisotopic (exact) mass is 1840 g/mol. The molecular formula is C105H102F4N14O13. The molecule has 136 heavy (non-hydrogen) atoms. The number of pyridine rings is 3. The average molecular weight is 1840 g/mol. The number of carbonyl (C=O) groups is 9. The maximum atomic E-state index is 15.6. The van der Waals surface area contributed by atoms with Crippen LogP contribution in [0.2, 0.25) is 0 Å². The average Bonchev–Trinajstić information content (AvgIpc) is 1.62. The van der Waals surface area contributed by atoms with Crippen molar-refractivity contribution in [1.82, 2.24) is 55.4 Å². The van der Waals surface area contributed by atoms with Crippen LogP contribution in [0.5, 0.6) is 17.2 Å². The topological polar surface area (TPSA) is 291 Å². The molecule has 6 aromatic carbocycles. The van der Waals surface area contributed by atoms with Crippen molar-refractivity contribution < 1.29 is 79.7 Å². The number of nitrogens with one attached hydrogen (secondary N) is 3. The minimum atomic E-state index is -1.58. The zero-order valence-electron chi connectivity index (χ0n) is 75.8. The molecule has 6 saturated heterocycles. The van der Waals surface area contributed by atoms with E-state index in [1.165, 1.54) is 125 Å². The fourth-order valence-corrected chi connectivity index (χ4v) is 20.2. The Morgan fingerprint density at radius 1 is 0.382 bits per heavy atom. The SMILES string of the molecule is COc1ccc2c(c1F)C(=O)N(C[C@@]1(C#Cc3ccc(-c4cccc(N5CCN(C6CCCCC6)CC5)n4)c(F)c3)CC(=O)NC1=O)C2.COc1ccc2c(c1F)C(=O)N(C[C@@]1(C#Cc3ccc(-c4cccc(N5CCN(C6CCCCC6)CC5)n4)cc3)CC(=O)NC1=O)C2.COc1ccc2c(c1F)C(=O)N(C[C@@]1(C#Cc3ccc(-c4cccc(N5CCOCC5)n4)cc3)CC(=O)NC1=O)C2. The summed E-state index contributed by atoms with van der Waals surface area (Å²) in [6, 6.07) is 47.9. The maximum absolute atomic E-state index is 15.6. The summed E-state index contributed by atoms with van der Waals surface area (Å²) in [7, 11) is 3.97. The molecule has 8 fully saturated rings. The number of hydrogen-bond donors (Lipinski definition) is 3. The summed E-state index contributed by atoms with van der Waals surface area (Å²) in [6.07, 6.45) is 12.6. The van der Waals surface area contributed by atoms with Gasteiger partial charge in [0.15, 0.2) is 34.7 Å². The van der Waals surface area contributed by atoms with Gasteiger partial charge < -0.3 is 48.3 Å². The second-order valence-electron chi connectivity index (χ2n) is 36.2. The van der Waals surface area contributed by atoms with E-state index in [1.54, 1.807) is 36.4 Å². The van der Waals surface area contributed by atoms with Gasteiger partial charge in [-0.1, -0.05) is 135 Å². The van der Waals surface area contributed by atoms with Gasteiger partial charge in [0, 0.05) is 150 Å². The number of imide groups is 3. The standard InChI is InChI=1S/C37H37F2N5O4.C37H38FN5O4.C31H27FN4O5/c1-48-30-13-11-25-22-44(35(46)33(25)34(30)39)23-37(21-32(45)41-36(37)47)15-14-24-10-12-27(28(38)20-24)29-8-5-9-31(40-29)43-18-16-42(17-19-43)26-6-3-2-4-7-26;1-47-30-15-14-27-23-43(35(45)33(27)34(30)38)24-37(22-32(44)40-36(37)46)17-16-25-10-12-26(13-11-25)29-8-5-9-31(39-29)42-20-18-41(19-21-42)28-6-3-2-4-7-28;1-40-24-10-9-22-18-36(29(38)27(22)28(24)32)19-31(17-26(37)34-30(31)39)12-11-20-5-7-21(8-6-20)23-3-2-4-25(33-23)35-13-15-41-16-14-35/h5,8-13,20,26H,2-4,6-7,16-19,21-23H2,1H3,(H,41,45,47);5,8-15,28H,2-4,6-7,18-24H2,1H3,(H,40,44,46);2-10H,13-19H2,1H3,(H,34,37,39)/t2*37-;31-/m111/s1. The summed E-state index contributed by atoms with van der Waals surface area (Å²) >= 11 is 0. The molecule has 9 aliphatic heterocycles. The van der Waals surface area contributed by atoms with Gasteiger partial charge in [-0.2, -0.15) is 0 Å². The number of rotatable bonds is 17. The number of amides is 9. The molecule has 27 nitrogen and oxygen atoms in total. The van der Waals surface area contributed by atoms with Crippen LogP contribution in [-0.2, 0) is 53.1 Å². The van der Waals surface area contributed by atoms with Gasteiger partial charge in [-0.3, -0.25) is 68.9 Å². The number of halogens is 4. The van der Waals surface area contributed by atoms with Crippen LogP contribution in [0.25, 0.3) is 33.8 Å². The van der Waals surface area contributed by atoms with Crippen molar-refractivity contribution in [3.05, 3.63) is 231 Å². The first-order valence-corrected chi connectivity index (χ1v) is 46.2. The number of carbonyl (C=O) groups excluding carboxylic acids is 9. The summed E-state index contributed by atoms with van der Waals surface area (Å²) in [4.78, 5) is 146. The van der Waals surface area contributed by atoms with Gasteiger partial charge in [0.25, 0.3) is 17.7 Å². The van der Waals surface area contributed by atoms with Crippen LogP contribution in [0.15, 0.2) is 158 Å². The quantitative estimate of drug-likeness (QED) is 0.0433. The van der Waals surface area contributed by atoms with Gasteiger partial charge in [0.1, 0.15) is 39.5 Å². The number of ether oxygens (including phenoxy) is 4. The van der Waals surface area contributed by atoms with E-state index in [0.717, 1.165) is 111 Å². The number of fused-ring (bicyclic) bond motifs is 3. The predicted molar refractivity (Wildman–Crippen MR) is 498 cm³/mol. The third kappa shape index (κ3) is 19.3. The minimum absolute atomic E-state index is 0.0275. The van der Waals surface area contributed by atoms with E-state index < -0.39 is 92.7 Å². The van der Waals surface area contributed by atoms with E-state index in [0.29, 0.717) is 63.9 Å². The summed E-state index contributed by atoms with van der Waals surface area (Å²) in [6.45, 7) is 10.5. The molecule has 0 unspecified atom stereocenters. The lowest BCUT2D eigenvalue weighted by atomic mass is 9.85. The molecule has 0 spiro atoms. The number of morpholine rings is 1. The molecule has 11 aliphatic rings. The molecular weight excluding hydrogens is 1740 g/mol. The lowest BCUT2D eigenvalue weighted by Gasteiger charge is -2.41. The second-order valence-corrected chi connectivity index (χ2v) is 36.2. The van der Waals surface area contributed by atoms with E-state index in [4.69, 9.17) is 33.9 Å². The molecule has 31 heteroatoms. The predicted octanol–water partition coefficient (Wildman–Crippen LogP) is 11.7. The molecule has 20 rings (SSSR count). The highest BCUT2D eigenvalue weighted by molar-refractivity contribution is 6.11. The summed E-state index contributed by atoms with van der Waals surface area (Å²) < 4.78 is 80.8. The molecule has 3 N–H and O–H groups in total. The third-order valence-electron chi connectivity index (χ3n) is 27.6. The van der Waals surface area contributed by atoms with Crippen molar-refractivity contribution in [2.24, 2.45) is 16.2 Å². The summed E-state index contributed by atoms with van der Waals surface area (Å²) in [5.41, 5.74) is 2.61. The van der Waals surface area contributed by atoms with E-state index in [-0.39, 0.29) is 92.5 Å². The van der Waals surface area contributed by atoms with Crippen LogP contribution in [0.3, 0.4) is 0 Å². The Balaban J connectivity index is 0.000000136. The van der Waals surface area contributed by atoms with Crippen molar-refractivity contribution in [2.75, 3.05) is 134 Å². The van der Waals surface area contributed by atoms with Crippen molar-refractivity contribution in [2.45, 2.75) is 115 Å². The lowest BCUT2D eigenvalue weighted by Crippen LogP contribution is -2.51. The molecule has 9 amide bonds. The molecule has 2 aliphatic carbocycles. The van der Waals surface area contributed by atoms with Gasteiger partial charge >= 0.3 is 0 Å². The first-order valence-electron chi connectivity index (χ1n) is 46.2. The van der Waals surface area contributed by atoms with E-state index in [2.05, 4.69) is 82.0 Å². The van der Waals surface area contributed by atoms with Gasteiger partial charge in [0.05, 0.1) is 87.6 Å². The Morgan fingerprint density at radius 2 is 0.713 bits per heavy atom. The van der Waals surface area contributed by atoms with Crippen molar-refractivity contribution in [3.63, 3.8) is 0 Å². The molecule has 0 bridgehead atoms. The Morgan fingerprint density at radius 3 is 1.05 bits per heavy atom. The molecule has 3 aromatic heterocycles. The van der Waals surface area contributed by atoms with Crippen molar-refractivity contribution in [3.8, 4) is 86.5 Å².